The van der Waals surface area contributed by atoms with Crippen LogP contribution in [0.1, 0.15) is 25.1 Å². The third-order valence-electron chi connectivity index (χ3n) is 3.12. The number of nitrogens with zero attached hydrogens (tertiary/aromatic N) is 1. The molecule has 1 heterocycles. The fourth-order valence-corrected chi connectivity index (χ4v) is 2.29. The highest BCUT2D eigenvalue weighted by atomic mass is 35.5. The van der Waals surface area contributed by atoms with E-state index in [-0.39, 0.29) is 10.8 Å². The highest BCUT2D eigenvalue weighted by molar-refractivity contribution is 6.30. The van der Waals surface area contributed by atoms with Crippen molar-refractivity contribution in [2.45, 2.75) is 26.9 Å². The zero-order valence-corrected chi connectivity index (χ0v) is 12.6. The second-order valence-electron chi connectivity index (χ2n) is 5.40. The Morgan fingerprint density at radius 2 is 2.10 bits per heavy atom. The van der Waals surface area contributed by atoms with E-state index >= 15 is 0 Å². The van der Waals surface area contributed by atoms with Gasteiger partial charge in [-0.1, -0.05) is 31.5 Å². The van der Waals surface area contributed by atoms with Gasteiger partial charge in [0, 0.05) is 25.0 Å². The van der Waals surface area contributed by atoms with Crippen molar-refractivity contribution >= 4 is 11.6 Å². The van der Waals surface area contributed by atoms with Crippen LogP contribution < -0.4 is 5.32 Å². The maximum absolute atomic E-state index is 13.2. The van der Waals surface area contributed by atoms with Crippen molar-refractivity contribution in [1.29, 1.82) is 0 Å². The Balaban J connectivity index is 2.02. The summed E-state index contributed by atoms with van der Waals surface area (Å²) in [6, 6.07) is 8.99. The Hall–Kier alpha value is -1.32. The molecule has 0 aliphatic carbocycles. The van der Waals surface area contributed by atoms with Gasteiger partial charge in [-0.15, -0.1) is 0 Å². The highest BCUT2D eigenvalue weighted by Crippen LogP contribution is 2.17. The van der Waals surface area contributed by atoms with E-state index in [1.807, 2.05) is 12.3 Å². The minimum absolute atomic E-state index is 0.175. The van der Waals surface area contributed by atoms with Crippen LogP contribution in [-0.2, 0) is 13.1 Å². The molecular formula is C16H20ClFN2. The fourth-order valence-electron chi connectivity index (χ4n) is 2.09. The molecule has 0 aliphatic rings. The molecule has 0 spiro atoms. The lowest BCUT2D eigenvalue weighted by atomic mass is 10.2. The van der Waals surface area contributed by atoms with E-state index in [1.165, 1.54) is 11.8 Å². The lowest BCUT2D eigenvalue weighted by Crippen LogP contribution is -2.20. The number of nitrogens with one attached hydrogen (secondary N) is 1. The highest BCUT2D eigenvalue weighted by Gasteiger charge is 2.05. The van der Waals surface area contributed by atoms with E-state index in [0.717, 1.165) is 18.7 Å². The summed E-state index contributed by atoms with van der Waals surface area (Å²) in [5, 5.41) is 3.60. The third kappa shape index (κ3) is 4.09. The summed E-state index contributed by atoms with van der Waals surface area (Å²) in [6.45, 7) is 6.90. The standard InChI is InChI=1S/C16H20ClFN2/c1-12(2)9-19-10-14-4-3-7-20(14)11-13-5-6-16(18)15(17)8-13/h3-8,12,19H,9-11H2,1-2H3. The van der Waals surface area contributed by atoms with Crippen molar-refractivity contribution in [3.63, 3.8) is 0 Å². The first-order valence-electron chi connectivity index (χ1n) is 6.85. The average molecular weight is 295 g/mol. The van der Waals surface area contributed by atoms with E-state index in [1.54, 1.807) is 12.1 Å². The predicted molar refractivity (Wildman–Crippen MR) is 81.5 cm³/mol. The maximum atomic E-state index is 13.2. The van der Waals surface area contributed by atoms with Gasteiger partial charge in [-0.05, 0) is 42.3 Å². The topological polar surface area (TPSA) is 17.0 Å². The van der Waals surface area contributed by atoms with Gasteiger partial charge in [0.25, 0.3) is 0 Å². The Morgan fingerprint density at radius 1 is 1.30 bits per heavy atom. The minimum Gasteiger partial charge on any atom is -0.346 e. The lowest BCUT2D eigenvalue weighted by Gasteiger charge is -2.12. The Morgan fingerprint density at radius 3 is 2.80 bits per heavy atom. The summed E-state index contributed by atoms with van der Waals surface area (Å²) in [5.41, 5.74) is 2.21. The van der Waals surface area contributed by atoms with Crippen LogP contribution in [0.15, 0.2) is 36.5 Å². The smallest absolute Gasteiger partial charge is 0.141 e. The van der Waals surface area contributed by atoms with Crippen LogP contribution in [0, 0.1) is 11.7 Å². The van der Waals surface area contributed by atoms with Gasteiger partial charge >= 0.3 is 0 Å². The minimum atomic E-state index is -0.373. The first-order valence-corrected chi connectivity index (χ1v) is 7.22. The van der Waals surface area contributed by atoms with Gasteiger partial charge in [0.1, 0.15) is 5.82 Å². The maximum Gasteiger partial charge on any atom is 0.141 e. The van der Waals surface area contributed by atoms with Crippen LogP contribution in [0.4, 0.5) is 4.39 Å². The molecule has 2 nitrogen and oxygen atoms in total. The molecule has 0 radical (unpaired) electrons. The molecule has 0 aliphatic heterocycles. The van der Waals surface area contributed by atoms with Crippen LogP contribution in [0.25, 0.3) is 0 Å². The molecule has 20 heavy (non-hydrogen) atoms. The number of hydrogen-bond donors (Lipinski definition) is 1. The zero-order chi connectivity index (χ0) is 14.5. The van der Waals surface area contributed by atoms with Crippen LogP contribution in [0.5, 0.6) is 0 Å². The van der Waals surface area contributed by atoms with E-state index in [2.05, 4.69) is 29.8 Å². The van der Waals surface area contributed by atoms with Crippen molar-refractivity contribution in [2.24, 2.45) is 5.92 Å². The van der Waals surface area contributed by atoms with Gasteiger partial charge in [0.2, 0.25) is 0 Å². The largest absolute Gasteiger partial charge is 0.346 e. The first kappa shape index (κ1) is 15.1. The molecule has 0 amide bonds. The fraction of sp³-hybridized carbons (Fsp3) is 0.375. The molecule has 1 aromatic heterocycles. The number of halogens is 2. The van der Waals surface area contributed by atoms with Crippen molar-refractivity contribution in [1.82, 2.24) is 9.88 Å². The summed E-state index contributed by atoms with van der Waals surface area (Å²) in [4.78, 5) is 0. The van der Waals surface area contributed by atoms with Crippen molar-refractivity contribution in [3.8, 4) is 0 Å². The first-order chi connectivity index (χ1) is 9.56. The Bertz CT molecular complexity index is 563. The van der Waals surface area contributed by atoms with Gasteiger partial charge in [0.15, 0.2) is 0 Å². The van der Waals surface area contributed by atoms with E-state index in [0.29, 0.717) is 12.5 Å². The zero-order valence-electron chi connectivity index (χ0n) is 11.9. The molecule has 0 atom stereocenters. The van der Waals surface area contributed by atoms with Gasteiger partial charge in [-0.3, -0.25) is 0 Å². The molecule has 4 heteroatoms. The number of rotatable bonds is 6. The van der Waals surface area contributed by atoms with E-state index in [4.69, 9.17) is 11.6 Å². The van der Waals surface area contributed by atoms with Crippen LogP contribution in [0.3, 0.4) is 0 Å². The van der Waals surface area contributed by atoms with Gasteiger partial charge in [-0.2, -0.15) is 0 Å². The van der Waals surface area contributed by atoms with Crippen LogP contribution in [-0.4, -0.2) is 11.1 Å². The normalized spacial score (nSPS) is 11.2. The number of aromatic nitrogens is 1. The van der Waals surface area contributed by atoms with Crippen molar-refractivity contribution < 1.29 is 4.39 Å². The van der Waals surface area contributed by atoms with E-state index in [9.17, 15) is 4.39 Å². The van der Waals surface area contributed by atoms with Crippen LogP contribution in [0.2, 0.25) is 5.02 Å². The summed E-state index contributed by atoms with van der Waals surface area (Å²) >= 11 is 5.82. The number of hydrogen-bond acceptors (Lipinski definition) is 1. The molecule has 2 aromatic rings. The number of benzene rings is 1. The summed E-state index contributed by atoms with van der Waals surface area (Å²) < 4.78 is 15.3. The molecule has 0 fully saturated rings. The third-order valence-corrected chi connectivity index (χ3v) is 3.41. The molecule has 0 saturated heterocycles. The van der Waals surface area contributed by atoms with Gasteiger partial charge in [0.05, 0.1) is 5.02 Å². The quantitative estimate of drug-likeness (QED) is 0.849. The summed E-state index contributed by atoms with van der Waals surface area (Å²) in [6.07, 6.45) is 2.03. The summed E-state index contributed by atoms with van der Waals surface area (Å²) in [7, 11) is 0. The second-order valence-corrected chi connectivity index (χ2v) is 5.81. The second kappa shape index (κ2) is 6.91. The molecule has 2 rings (SSSR count). The molecule has 0 unspecified atom stereocenters. The van der Waals surface area contributed by atoms with Gasteiger partial charge < -0.3 is 9.88 Å². The molecule has 108 valence electrons. The van der Waals surface area contributed by atoms with Gasteiger partial charge in [-0.25, -0.2) is 4.39 Å². The molecule has 0 saturated carbocycles. The SMILES string of the molecule is CC(C)CNCc1cccn1Cc1ccc(F)c(Cl)c1. The lowest BCUT2D eigenvalue weighted by molar-refractivity contribution is 0.539. The monoisotopic (exact) mass is 294 g/mol. The molecular weight excluding hydrogens is 275 g/mol. The molecule has 1 aromatic carbocycles. The average Bonchev–Trinajstić information content (AvgIpc) is 2.81. The predicted octanol–water partition coefficient (Wildman–Crippen LogP) is 4.07. The van der Waals surface area contributed by atoms with Crippen molar-refractivity contribution in [2.75, 3.05) is 6.54 Å². The van der Waals surface area contributed by atoms with Crippen molar-refractivity contribution in [3.05, 3.63) is 58.6 Å². The molecule has 0 bridgehead atoms. The summed E-state index contributed by atoms with van der Waals surface area (Å²) in [5.74, 6) is 0.260. The Labute approximate surface area is 124 Å². The Kier molecular flexibility index (Phi) is 5.21. The van der Waals surface area contributed by atoms with Crippen LogP contribution >= 0.6 is 11.6 Å². The van der Waals surface area contributed by atoms with E-state index < -0.39 is 0 Å². The molecule has 1 N–H and O–H groups in total.